The van der Waals surface area contributed by atoms with Crippen LogP contribution in [0.3, 0.4) is 0 Å². The molecule has 2 aliphatic rings. The molecular formula is C23H28Cl3NO3. The molecule has 0 aliphatic heterocycles. The molecule has 7 heteroatoms. The summed E-state index contributed by atoms with van der Waals surface area (Å²) in [5.41, 5.74) is 0.971. The molecule has 1 aromatic rings. The van der Waals surface area contributed by atoms with Crippen LogP contribution in [0.15, 0.2) is 23.8 Å². The molecule has 0 radical (unpaired) electrons. The first-order valence-electron chi connectivity index (χ1n) is 10.3. The predicted molar refractivity (Wildman–Crippen MR) is 121 cm³/mol. The lowest BCUT2D eigenvalue weighted by Crippen LogP contribution is -2.45. The summed E-state index contributed by atoms with van der Waals surface area (Å²) < 4.78 is 0. The second-order valence-electron chi connectivity index (χ2n) is 9.15. The molecule has 0 spiro atoms. The first-order valence-corrected chi connectivity index (χ1v) is 11.5. The number of aliphatic carboxylic acids is 1. The number of aromatic amines is 1. The second-order valence-corrected chi connectivity index (χ2v) is 10.3. The number of carbonyl (C=O) groups excluding carboxylic acids is 1. The minimum atomic E-state index is -0.826. The first-order chi connectivity index (χ1) is 14.0. The summed E-state index contributed by atoms with van der Waals surface area (Å²) in [6.07, 6.45) is 8.92. The number of halogens is 3. The Balaban J connectivity index is 2.05. The smallest absolute Gasteiger partial charge is 0.306 e. The number of H-pyrrole nitrogens is 1. The van der Waals surface area contributed by atoms with Crippen molar-refractivity contribution < 1.29 is 14.7 Å². The van der Waals surface area contributed by atoms with Gasteiger partial charge in [-0.1, -0.05) is 79.4 Å². The number of allylic oxidation sites excluding steroid dienone is 4. The molecule has 4 nitrogen and oxygen atoms in total. The highest BCUT2D eigenvalue weighted by molar-refractivity contribution is 6.49. The van der Waals surface area contributed by atoms with Crippen LogP contribution in [0.1, 0.15) is 57.4 Å². The van der Waals surface area contributed by atoms with Gasteiger partial charge in [0.15, 0.2) is 5.78 Å². The number of Topliss-reactive ketones (excluding diaryl/α,β-unsaturated/α-hetero) is 1. The van der Waals surface area contributed by atoms with Gasteiger partial charge in [-0.15, -0.1) is 0 Å². The number of ketones is 1. The van der Waals surface area contributed by atoms with Gasteiger partial charge < -0.3 is 10.1 Å². The lowest BCUT2D eigenvalue weighted by Gasteiger charge is -2.46. The molecule has 0 bridgehead atoms. The standard InChI is InChI=1S/C23H28Cl3NO3/c1-11(9-12(2)22(29)30)10-14-6-8-15-7-5-13(3)23(15,4)16(14)20(28)19-17(24)18(25)21(26)27-19/h6,8,10,12-16,27H,5,7,9H2,1-4H3,(H,29,30)/b11-10+/t12-,13+,14+,15+,16?,23-/m1/s1. The SMILES string of the molecule is C/C(=C\[C@@H]1C=C[C@@H]2CC[C@H](C)[C@@]2(C)C1C(=O)c1[nH]c(Cl)c(Cl)c1Cl)C[C@@H](C)C(=O)O. The van der Waals surface area contributed by atoms with E-state index in [-0.39, 0.29) is 43.9 Å². The zero-order valence-corrected chi connectivity index (χ0v) is 19.9. The zero-order valence-electron chi connectivity index (χ0n) is 17.6. The summed E-state index contributed by atoms with van der Waals surface area (Å²) in [7, 11) is 0. The number of hydrogen-bond donors (Lipinski definition) is 2. The highest BCUT2D eigenvalue weighted by Crippen LogP contribution is 2.58. The van der Waals surface area contributed by atoms with E-state index in [0.717, 1.165) is 18.4 Å². The number of fused-ring (bicyclic) bond motifs is 1. The third kappa shape index (κ3) is 3.99. The average molecular weight is 473 g/mol. The van der Waals surface area contributed by atoms with Crippen molar-refractivity contribution in [2.24, 2.45) is 35.0 Å². The molecule has 1 unspecified atom stereocenters. The fourth-order valence-electron chi connectivity index (χ4n) is 5.37. The first kappa shape index (κ1) is 23.4. The van der Waals surface area contributed by atoms with Crippen molar-refractivity contribution >= 4 is 46.6 Å². The van der Waals surface area contributed by atoms with Crippen LogP contribution in [-0.4, -0.2) is 21.8 Å². The summed E-state index contributed by atoms with van der Waals surface area (Å²) >= 11 is 18.6. The fraction of sp³-hybridized carbons (Fsp3) is 0.565. The molecule has 0 amide bonds. The van der Waals surface area contributed by atoms with Gasteiger partial charge in [0.25, 0.3) is 0 Å². The fourth-order valence-corrected chi connectivity index (χ4v) is 5.99. The van der Waals surface area contributed by atoms with Gasteiger partial charge in [0.1, 0.15) is 10.8 Å². The number of rotatable bonds is 6. The number of carbonyl (C=O) groups is 2. The van der Waals surface area contributed by atoms with E-state index in [1.165, 1.54) is 0 Å². The minimum absolute atomic E-state index is 0.0975. The van der Waals surface area contributed by atoms with Crippen LogP contribution in [0, 0.1) is 35.0 Å². The number of carboxylic acids is 1. The number of nitrogens with one attached hydrogen (secondary N) is 1. The minimum Gasteiger partial charge on any atom is -0.481 e. The summed E-state index contributed by atoms with van der Waals surface area (Å²) in [4.78, 5) is 27.9. The molecule has 3 rings (SSSR count). The summed E-state index contributed by atoms with van der Waals surface area (Å²) in [6.45, 7) is 8.02. The van der Waals surface area contributed by atoms with Crippen molar-refractivity contribution in [2.45, 2.75) is 47.0 Å². The van der Waals surface area contributed by atoms with E-state index in [2.05, 4.69) is 31.0 Å². The number of carboxylic acid groups (broad SMARTS) is 1. The molecule has 2 aliphatic carbocycles. The van der Waals surface area contributed by atoms with E-state index in [9.17, 15) is 14.7 Å². The van der Waals surface area contributed by atoms with Gasteiger partial charge in [0.2, 0.25) is 0 Å². The van der Waals surface area contributed by atoms with E-state index in [1.807, 2.05) is 13.0 Å². The zero-order chi connectivity index (χ0) is 22.4. The number of hydrogen-bond acceptors (Lipinski definition) is 2. The van der Waals surface area contributed by atoms with E-state index in [4.69, 9.17) is 34.8 Å². The molecule has 1 saturated carbocycles. The monoisotopic (exact) mass is 471 g/mol. The van der Waals surface area contributed by atoms with Crippen molar-refractivity contribution in [3.8, 4) is 0 Å². The van der Waals surface area contributed by atoms with Crippen LogP contribution in [0.2, 0.25) is 15.2 Å². The normalized spacial score (nSPS) is 32.2. The quantitative estimate of drug-likeness (QED) is 0.343. The summed E-state index contributed by atoms with van der Waals surface area (Å²) in [5, 5.41) is 9.73. The van der Waals surface area contributed by atoms with Gasteiger partial charge >= 0.3 is 5.97 Å². The Kier molecular flexibility index (Phi) is 6.81. The Hall–Kier alpha value is -1.23. The van der Waals surface area contributed by atoms with Gasteiger partial charge in [0, 0.05) is 11.8 Å². The van der Waals surface area contributed by atoms with Crippen LogP contribution in [0.4, 0.5) is 0 Å². The maximum atomic E-state index is 13.8. The summed E-state index contributed by atoms with van der Waals surface area (Å²) in [5.74, 6) is -1.24. The molecule has 1 aromatic heterocycles. The second kappa shape index (κ2) is 8.72. The van der Waals surface area contributed by atoms with Crippen molar-refractivity contribution in [2.75, 3.05) is 0 Å². The Bertz CT molecular complexity index is 919. The molecule has 0 aromatic carbocycles. The molecular weight excluding hydrogens is 445 g/mol. The van der Waals surface area contributed by atoms with E-state index in [1.54, 1.807) is 6.92 Å². The van der Waals surface area contributed by atoms with E-state index < -0.39 is 11.9 Å². The van der Waals surface area contributed by atoms with E-state index >= 15 is 0 Å². The van der Waals surface area contributed by atoms with Crippen LogP contribution < -0.4 is 0 Å². The lowest BCUT2D eigenvalue weighted by atomic mass is 9.56. The topological polar surface area (TPSA) is 70.2 Å². The Labute approximate surface area is 192 Å². The maximum Gasteiger partial charge on any atom is 0.306 e. The van der Waals surface area contributed by atoms with Gasteiger partial charge in [-0.3, -0.25) is 9.59 Å². The molecule has 1 fully saturated rings. The van der Waals surface area contributed by atoms with Crippen molar-refractivity contribution in [3.63, 3.8) is 0 Å². The average Bonchev–Trinajstić information content (AvgIpc) is 3.11. The predicted octanol–water partition coefficient (Wildman–Crippen LogP) is 7.07. The molecule has 6 atom stereocenters. The molecule has 30 heavy (non-hydrogen) atoms. The van der Waals surface area contributed by atoms with Crippen molar-refractivity contribution in [1.82, 2.24) is 4.98 Å². The van der Waals surface area contributed by atoms with Crippen LogP contribution in [-0.2, 0) is 4.79 Å². The van der Waals surface area contributed by atoms with E-state index in [0.29, 0.717) is 18.3 Å². The highest BCUT2D eigenvalue weighted by atomic mass is 35.5. The van der Waals surface area contributed by atoms with Gasteiger partial charge in [-0.25, -0.2) is 0 Å². The molecule has 1 heterocycles. The Morgan fingerprint density at radius 3 is 2.50 bits per heavy atom. The maximum absolute atomic E-state index is 13.8. The van der Waals surface area contributed by atoms with Crippen molar-refractivity contribution in [1.29, 1.82) is 0 Å². The third-order valence-corrected chi connectivity index (χ3v) is 8.52. The molecule has 164 valence electrons. The lowest BCUT2D eigenvalue weighted by molar-refractivity contribution is -0.141. The van der Waals surface area contributed by atoms with Gasteiger partial charge in [-0.2, -0.15) is 0 Å². The van der Waals surface area contributed by atoms with Gasteiger partial charge in [-0.05, 0) is 43.4 Å². The highest BCUT2D eigenvalue weighted by Gasteiger charge is 2.55. The Morgan fingerprint density at radius 2 is 1.93 bits per heavy atom. The molecule has 2 N–H and O–H groups in total. The third-order valence-electron chi connectivity index (χ3n) is 7.29. The van der Waals surface area contributed by atoms with Gasteiger partial charge in [0.05, 0.1) is 16.0 Å². The van der Waals surface area contributed by atoms with Crippen LogP contribution >= 0.6 is 34.8 Å². The Morgan fingerprint density at radius 1 is 1.27 bits per heavy atom. The van der Waals surface area contributed by atoms with Crippen LogP contribution in [0.25, 0.3) is 0 Å². The summed E-state index contributed by atoms with van der Waals surface area (Å²) in [6, 6.07) is 0. The number of aromatic nitrogens is 1. The largest absolute Gasteiger partial charge is 0.481 e. The molecule has 0 saturated heterocycles. The van der Waals surface area contributed by atoms with Crippen LogP contribution in [0.5, 0.6) is 0 Å². The van der Waals surface area contributed by atoms with Crippen molar-refractivity contribution in [3.05, 3.63) is 44.7 Å².